The predicted molar refractivity (Wildman–Crippen MR) is 74.9 cm³/mol. The van der Waals surface area contributed by atoms with Gasteiger partial charge < -0.3 is 10.2 Å². The van der Waals surface area contributed by atoms with E-state index in [0.717, 1.165) is 30.3 Å². The lowest BCUT2D eigenvalue weighted by Crippen LogP contribution is -2.56. The number of benzene rings is 1. The number of nitrogens with zero attached hydrogens (tertiary/aromatic N) is 1. The van der Waals surface area contributed by atoms with Crippen LogP contribution in [-0.2, 0) is 0 Å². The Labute approximate surface area is 109 Å². The highest BCUT2D eigenvalue weighted by Crippen LogP contribution is 2.29. The summed E-state index contributed by atoms with van der Waals surface area (Å²) in [4.78, 5) is 2.38. The number of para-hydroxylation sites is 1. The largest absolute Gasteiger partial charge is 0.367 e. The lowest BCUT2D eigenvalue weighted by atomic mass is 9.85. The number of hydrogen-bond acceptors (Lipinski definition) is 2. The van der Waals surface area contributed by atoms with E-state index in [1.54, 1.807) is 0 Å². The summed E-state index contributed by atoms with van der Waals surface area (Å²) in [5, 5.41) is 4.44. The van der Waals surface area contributed by atoms with Crippen LogP contribution < -0.4 is 10.2 Å². The molecule has 0 aliphatic carbocycles. The quantitative estimate of drug-likeness (QED) is 0.826. The Morgan fingerprint density at radius 3 is 2.65 bits per heavy atom. The molecule has 0 saturated carbocycles. The van der Waals surface area contributed by atoms with E-state index in [1.165, 1.54) is 0 Å². The zero-order valence-electron chi connectivity index (χ0n) is 10.8. The molecular weight excluding hydrogens is 232 g/mol. The molecule has 1 N–H and O–H groups in total. The van der Waals surface area contributed by atoms with E-state index in [-0.39, 0.29) is 5.41 Å². The van der Waals surface area contributed by atoms with Gasteiger partial charge in [0.2, 0.25) is 0 Å². The molecule has 1 aromatic carbocycles. The molecule has 0 spiro atoms. The van der Waals surface area contributed by atoms with Gasteiger partial charge in [-0.3, -0.25) is 0 Å². The minimum absolute atomic E-state index is 0.278. The molecule has 1 heterocycles. The molecule has 94 valence electrons. The fourth-order valence-electron chi connectivity index (χ4n) is 2.26. The summed E-state index contributed by atoms with van der Waals surface area (Å²) in [6, 6.07) is 8.61. The van der Waals surface area contributed by atoms with E-state index in [4.69, 9.17) is 11.6 Å². The first kappa shape index (κ1) is 12.7. The van der Waals surface area contributed by atoms with Crippen molar-refractivity contribution in [1.82, 2.24) is 5.32 Å². The maximum atomic E-state index is 6.26. The van der Waals surface area contributed by atoms with E-state index in [1.807, 2.05) is 12.1 Å². The molecule has 0 aromatic heterocycles. The SMILES string of the molecule is CC(C)(C)C1CN(c2ccccc2Cl)CCN1. The van der Waals surface area contributed by atoms with Crippen LogP contribution in [0.15, 0.2) is 24.3 Å². The van der Waals surface area contributed by atoms with Crippen molar-refractivity contribution in [1.29, 1.82) is 0 Å². The van der Waals surface area contributed by atoms with Crippen LogP contribution in [-0.4, -0.2) is 25.7 Å². The van der Waals surface area contributed by atoms with Gasteiger partial charge in [-0.2, -0.15) is 0 Å². The monoisotopic (exact) mass is 252 g/mol. The van der Waals surface area contributed by atoms with Gasteiger partial charge in [-0.25, -0.2) is 0 Å². The van der Waals surface area contributed by atoms with Gasteiger partial charge in [-0.05, 0) is 17.5 Å². The minimum atomic E-state index is 0.278. The van der Waals surface area contributed by atoms with Crippen molar-refractivity contribution in [2.24, 2.45) is 5.41 Å². The summed E-state index contributed by atoms with van der Waals surface area (Å²) >= 11 is 6.26. The average molecular weight is 253 g/mol. The zero-order chi connectivity index (χ0) is 12.5. The molecule has 1 saturated heterocycles. The smallest absolute Gasteiger partial charge is 0.0639 e. The lowest BCUT2D eigenvalue weighted by molar-refractivity contribution is 0.254. The van der Waals surface area contributed by atoms with E-state index < -0.39 is 0 Å². The first-order valence-electron chi connectivity index (χ1n) is 6.21. The summed E-state index contributed by atoms with van der Waals surface area (Å²) in [5.74, 6) is 0. The number of piperazine rings is 1. The Kier molecular flexibility index (Phi) is 3.64. The summed E-state index contributed by atoms with van der Waals surface area (Å²) in [7, 11) is 0. The number of rotatable bonds is 1. The second-order valence-corrected chi connectivity index (χ2v) is 6.18. The van der Waals surface area contributed by atoms with Crippen LogP contribution in [0, 0.1) is 5.41 Å². The Balaban J connectivity index is 2.15. The Morgan fingerprint density at radius 2 is 2.00 bits per heavy atom. The highest BCUT2D eigenvalue weighted by Gasteiger charge is 2.29. The van der Waals surface area contributed by atoms with Crippen molar-refractivity contribution in [3.8, 4) is 0 Å². The molecule has 0 bridgehead atoms. The van der Waals surface area contributed by atoms with Gasteiger partial charge in [0.15, 0.2) is 0 Å². The number of halogens is 1. The molecule has 1 aliphatic heterocycles. The van der Waals surface area contributed by atoms with Gasteiger partial charge in [0.05, 0.1) is 10.7 Å². The fraction of sp³-hybridized carbons (Fsp3) is 0.571. The normalized spacial score (nSPS) is 21.6. The molecule has 1 aromatic rings. The summed E-state index contributed by atoms with van der Waals surface area (Å²) in [5.41, 5.74) is 1.44. The van der Waals surface area contributed by atoms with Crippen LogP contribution in [0.2, 0.25) is 5.02 Å². The summed E-state index contributed by atoms with van der Waals surface area (Å²) in [6.45, 7) is 9.90. The molecule has 1 aliphatic rings. The van der Waals surface area contributed by atoms with Crippen LogP contribution in [0.4, 0.5) is 5.69 Å². The Bertz CT molecular complexity index is 384. The molecule has 1 unspecified atom stereocenters. The lowest BCUT2D eigenvalue weighted by Gasteiger charge is -2.41. The van der Waals surface area contributed by atoms with Crippen molar-refractivity contribution in [3.05, 3.63) is 29.3 Å². The van der Waals surface area contributed by atoms with Crippen LogP contribution in [0.25, 0.3) is 0 Å². The number of nitrogens with one attached hydrogen (secondary N) is 1. The Hall–Kier alpha value is -0.730. The third kappa shape index (κ3) is 2.93. The van der Waals surface area contributed by atoms with Gasteiger partial charge in [-0.1, -0.05) is 44.5 Å². The molecule has 1 fully saturated rings. The number of anilines is 1. The second-order valence-electron chi connectivity index (χ2n) is 5.77. The van der Waals surface area contributed by atoms with Crippen molar-refractivity contribution in [2.45, 2.75) is 26.8 Å². The first-order valence-corrected chi connectivity index (χ1v) is 6.59. The second kappa shape index (κ2) is 4.87. The van der Waals surface area contributed by atoms with Gasteiger partial charge >= 0.3 is 0 Å². The van der Waals surface area contributed by atoms with Crippen LogP contribution in [0.5, 0.6) is 0 Å². The number of hydrogen-bond donors (Lipinski definition) is 1. The average Bonchev–Trinajstić information content (AvgIpc) is 2.29. The van der Waals surface area contributed by atoms with Crippen molar-refractivity contribution < 1.29 is 0 Å². The predicted octanol–water partition coefficient (Wildman–Crippen LogP) is 3.16. The molecule has 0 amide bonds. The van der Waals surface area contributed by atoms with Crippen LogP contribution in [0.1, 0.15) is 20.8 Å². The molecule has 1 atom stereocenters. The van der Waals surface area contributed by atoms with E-state index in [0.29, 0.717) is 6.04 Å². The Morgan fingerprint density at radius 1 is 1.29 bits per heavy atom. The van der Waals surface area contributed by atoms with Gasteiger partial charge in [0.25, 0.3) is 0 Å². The third-order valence-corrected chi connectivity index (χ3v) is 3.73. The maximum absolute atomic E-state index is 6.26. The first-order chi connectivity index (χ1) is 7.98. The third-order valence-electron chi connectivity index (χ3n) is 3.41. The van der Waals surface area contributed by atoms with Crippen LogP contribution >= 0.6 is 11.6 Å². The molecule has 3 heteroatoms. The van der Waals surface area contributed by atoms with Gasteiger partial charge in [0, 0.05) is 25.7 Å². The molecular formula is C14H21ClN2. The van der Waals surface area contributed by atoms with E-state index in [2.05, 4.69) is 43.1 Å². The zero-order valence-corrected chi connectivity index (χ0v) is 11.6. The van der Waals surface area contributed by atoms with Crippen molar-refractivity contribution in [2.75, 3.05) is 24.5 Å². The topological polar surface area (TPSA) is 15.3 Å². The van der Waals surface area contributed by atoms with Gasteiger partial charge in [0.1, 0.15) is 0 Å². The minimum Gasteiger partial charge on any atom is -0.367 e. The highest BCUT2D eigenvalue weighted by atomic mass is 35.5. The van der Waals surface area contributed by atoms with Gasteiger partial charge in [-0.15, -0.1) is 0 Å². The van der Waals surface area contributed by atoms with E-state index in [9.17, 15) is 0 Å². The molecule has 0 radical (unpaired) electrons. The van der Waals surface area contributed by atoms with Crippen molar-refractivity contribution in [3.63, 3.8) is 0 Å². The fourth-order valence-corrected chi connectivity index (χ4v) is 2.51. The molecule has 17 heavy (non-hydrogen) atoms. The highest BCUT2D eigenvalue weighted by molar-refractivity contribution is 6.33. The molecule has 2 nitrogen and oxygen atoms in total. The maximum Gasteiger partial charge on any atom is 0.0639 e. The van der Waals surface area contributed by atoms with Crippen molar-refractivity contribution >= 4 is 17.3 Å². The standard InChI is InChI=1S/C14H21ClN2/c1-14(2,3)13-10-17(9-8-16-13)12-7-5-4-6-11(12)15/h4-7,13,16H,8-10H2,1-3H3. The summed E-state index contributed by atoms with van der Waals surface area (Å²) < 4.78 is 0. The van der Waals surface area contributed by atoms with E-state index >= 15 is 0 Å². The molecule has 2 rings (SSSR count). The summed E-state index contributed by atoms with van der Waals surface area (Å²) in [6.07, 6.45) is 0. The van der Waals surface area contributed by atoms with Crippen LogP contribution in [0.3, 0.4) is 0 Å².